The first-order valence-electron chi connectivity index (χ1n) is 5.98. The van der Waals surface area contributed by atoms with Crippen molar-refractivity contribution >= 4 is 23.4 Å². The van der Waals surface area contributed by atoms with Gasteiger partial charge in [0.1, 0.15) is 11.7 Å². The molecule has 1 aromatic rings. The number of hydrogen-bond donors (Lipinski definition) is 0. The average molecular weight is 267 g/mol. The number of benzene rings is 1. The van der Waals surface area contributed by atoms with Crippen LogP contribution in [0.15, 0.2) is 24.3 Å². The van der Waals surface area contributed by atoms with E-state index in [0.717, 1.165) is 12.0 Å². The highest BCUT2D eigenvalue weighted by Gasteiger charge is 2.35. The molecule has 2 unspecified atom stereocenters. The van der Waals surface area contributed by atoms with Crippen molar-refractivity contribution in [2.75, 3.05) is 7.11 Å². The van der Waals surface area contributed by atoms with Crippen molar-refractivity contribution in [2.24, 2.45) is 5.92 Å². The van der Waals surface area contributed by atoms with E-state index < -0.39 is 11.9 Å². The Balaban J connectivity index is 2.11. The van der Waals surface area contributed by atoms with E-state index in [2.05, 4.69) is 4.74 Å². The third-order valence-electron chi connectivity index (χ3n) is 3.47. The first-order chi connectivity index (χ1) is 8.63. The highest BCUT2D eigenvalue weighted by Crippen LogP contribution is 2.37. The van der Waals surface area contributed by atoms with Crippen molar-refractivity contribution in [3.63, 3.8) is 0 Å². The van der Waals surface area contributed by atoms with Gasteiger partial charge >= 0.3 is 5.97 Å². The van der Waals surface area contributed by atoms with Gasteiger partial charge in [-0.05, 0) is 30.4 Å². The van der Waals surface area contributed by atoms with E-state index in [1.165, 1.54) is 7.11 Å². The normalized spacial score (nSPS) is 23.8. The molecule has 1 aromatic carbocycles. The third kappa shape index (κ3) is 2.56. The highest BCUT2D eigenvalue weighted by atomic mass is 35.5. The molecular weight excluding hydrogens is 252 g/mol. The summed E-state index contributed by atoms with van der Waals surface area (Å²) in [6, 6.07) is 7.55. The number of halogens is 1. The van der Waals surface area contributed by atoms with Crippen LogP contribution < -0.4 is 0 Å². The second kappa shape index (κ2) is 5.53. The van der Waals surface area contributed by atoms with Crippen molar-refractivity contribution < 1.29 is 14.3 Å². The summed E-state index contributed by atoms with van der Waals surface area (Å²) in [5.41, 5.74) is 0.996. The topological polar surface area (TPSA) is 43.4 Å². The maximum Gasteiger partial charge on any atom is 0.316 e. The van der Waals surface area contributed by atoms with Crippen LogP contribution in [-0.2, 0) is 14.3 Å². The van der Waals surface area contributed by atoms with Crippen LogP contribution in [0.1, 0.15) is 30.7 Å². The summed E-state index contributed by atoms with van der Waals surface area (Å²) in [7, 11) is 1.32. The average Bonchev–Trinajstić information content (AvgIpc) is 2.38. The molecule has 0 amide bonds. The van der Waals surface area contributed by atoms with Crippen molar-refractivity contribution in [3.05, 3.63) is 34.9 Å². The van der Waals surface area contributed by atoms with Gasteiger partial charge in [-0.1, -0.05) is 29.8 Å². The van der Waals surface area contributed by atoms with Crippen LogP contribution in [0.3, 0.4) is 0 Å². The predicted molar refractivity (Wildman–Crippen MR) is 68.6 cm³/mol. The molecule has 2 rings (SSSR count). The third-order valence-corrected chi connectivity index (χ3v) is 3.82. The molecule has 1 saturated carbocycles. The first kappa shape index (κ1) is 13.1. The fraction of sp³-hybridized carbons (Fsp3) is 0.429. The Labute approximate surface area is 111 Å². The Kier molecular flexibility index (Phi) is 4.02. The number of carbonyl (C=O) groups excluding carboxylic acids is 2. The Hall–Kier alpha value is -1.35. The van der Waals surface area contributed by atoms with E-state index in [1.807, 2.05) is 24.3 Å². The molecule has 1 aliphatic rings. The quantitative estimate of drug-likeness (QED) is 0.611. The molecule has 0 N–H and O–H groups in total. The molecule has 4 heteroatoms. The van der Waals surface area contributed by atoms with Gasteiger partial charge in [-0.15, -0.1) is 0 Å². The van der Waals surface area contributed by atoms with Gasteiger partial charge in [0.05, 0.1) is 7.11 Å². The number of methoxy groups -OCH3 is 1. The van der Waals surface area contributed by atoms with Crippen LogP contribution in [0.2, 0.25) is 5.02 Å². The number of hydrogen-bond acceptors (Lipinski definition) is 3. The van der Waals surface area contributed by atoms with Crippen molar-refractivity contribution in [1.82, 2.24) is 0 Å². The van der Waals surface area contributed by atoms with Gasteiger partial charge in [-0.3, -0.25) is 9.59 Å². The lowest BCUT2D eigenvalue weighted by molar-refractivity contribution is -0.150. The number of ketones is 1. The lowest BCUT2D eigenvalue weighted by atomic mass is 9.78. The summed E-state index contributed by atoms with van der Waals surface area (Å²) in [5.74, 6) is -0.934. The van der Waals surface area contributed by atoms with E-state index in [0.29, 0.717) is 17.9 Å². The molecule has 0 bridgehead atoms. The smallest absolute Gasteiger partial charge is 0.316 e. The van der Waals surface area contributed by atoms with E-state index >= 15 is 0 Å². The summed E-state index contributed by atoms with van der Waals surface area (Å²) in [4.78, 5) is 23.4. The zero-order valence-electron chi connectivity index (χ0n) is 10.2. The molecule has 3 nitrogen and oxygen atoms in total. The molecule has 18 heavy (non-hydrogen) atoms. The monoisotopic (exact) mass is 266 g/mol. The lowest BCUT2D eigenvalue weighted by Gasteiger charge is -2.26. The molecule has 0 spiro atoms. The standard InChI is InChI=1S/C14H15ClO3/c1-18-14(17)11-7-6-9(8-13(11)16)10-4-2-3-5-12(10)15/h2-5,9,11H,6-8H2,1H3. The predicted octanol–water partition coefficient (Wildman–Crippen LogP) is 2.97. The summed E-state index contributed by atoms with van der Waals surface area (Å²) >= 11 is 6.13. The Morgan fingerprint density at radius 3 is 2.67 bits per heavy atom. The minimum absolute atomic E-state index is 0.0435. The van der Waals surface area contributed by atoms with Crippen LogP contribution in [0.5, 0.6) is 0 Å². The van der Waals surface area contributed by atoms with Gasteiger partial charge < -0.3 is 4.74 Å². The maximum absolute atomic E-state index is 11.9. The summed E-state index contributed by atoms with van der Waals surface area (Å²) in [6.07, 6.45) is 1.69. The van der Waals surface area contributed by atoms with Crippen LogP contribution in [0, 0.1) is 5.92 Å². The van der Waals surface area contributed by atoms with Gasteiger partial charge in [0, 0.05) is 11.4 Å². The second-order valence-electron chi connectivity index (χ2n) is 4.54. The Bertz CT molecular complexity index is 470. The first-order valence-corrected chi connectivity index (χ1v) is 6.36. The Morgan fingerprint density at radius 1 is 1.33 bits per heavy atom. The van der Waals surface area contributed by atoms with Crippen molar-refractivity contribution in [3.8, 4) is 0 Å². The molecular formula is C14H15ClO3. The number of Topliss-reactive ketones (excluding diaryl/α,β-unsaturated/α-hetero) is 1. The maximum atomic E-state index is 11.9. The molecule has 0 heterocycles. The van der Waals surface area contributed by atoms with Gasteiger partial charge in [0.15, 0.2) is 0 Å². The second-order valence-corrected chi connectivity index (χ2v) is 4.95. The molecule has 96 valence electrons. The van der Waals surface area contributed by atoms with Crippen LogP contribution in [0.4, 0.5) is 0 Å². The molecule has 1 fully saturated rings. The van der Waals surface area contributed by atoms with Gasteiger partial charge in [0.2, 0.25) is 0 Å². The zero-order chi connectivity index (χ0) is 13.1. The van der Waals surface area contributed by atoms with Gasteiger partial charge in [0.25, 0.3) is 0 Å². The SMILES string of the molecule is COC(=O)C1CCC(c2ccccc2Cl)CC1=O. The van der Waals surface area contributed by atoms with Crippen LogP contribution >= 0.6 is 11.6 Å². The van der Waals surface area contributed by atoms with E-state index in [4.69, 9.17) is 11.6 Å². The van der Waals surface area contributed by atoms with E-state index in [9.17, 15) is 9.59 Å². The lowest BCUT2D eigenvalue weighted by Crippen LogP contribution is -2.31. The summed E-state index contributed by atoms with van der Waals surface area (Å²) < 4.78 is 4.64. The van der Waals surface area contributed by atoms with E-state index in [1.54, 1.807) is 0 Å². The fourth-order valence-electron chi connectivity index (χ4n) is 2.48. The number of esters is 1. The zero-order valence-corrected chi connectivity index (χ0v) is 10.9. The highest BCUT2D eigenvalue weighted by molar-refractivity contribution is 6.31. The summed E-state index contributed by atoms with van der Waals surface area (Å²) in [6.45, 7) is 0. The number of ether oxygens (including phenoxy) is 1. The van der Waals surface area contributed by atoms with Crippen molar-refractivity contribution in [1.29, 1.82) is 0 Å². The largest absolute Gasteiger partial charge is 0.468 e. The number of rotatable bonds is 2. The fourth-order valence-corrected chi connectivity index (χ4v) is 2.77. The minimum atomic E-state index is -0.589. The molecule has 0 radical (unpaired) electrons. The van der Waals surface area contributed by atoms with Gasteiger partial charge in [-0.25, -0.2) is 0 Å². The van der Waals surface area contributed by atoms with Crippen LogP contribution in [0.25, 0.3) is 0 Å². The van der Waals surface area contributed by atoms with Crippen molar-refractivity contribution in [2.45, 2.75) is 25.2 Å². The Morgan fingerprint density at radius 2 is 2.06 bits per heavy atom. The number of carbonyl (C=O) groups is 2. The van der Waals surface area contributed by atoms with Crippen LogP contribution in [-0.4, -0.2) is 18.9 Å². The molecule has 0 aromatic heterocycles. The summed E-state index contributed by atoms with van der Waals surface area (Å²) in [5, 5.41) is 0.687. The molecule has 0 saturated heterocycles. The molecule has 1 aliphatic carbocycles. The van der Waals surface area contributed by atoms with Gasteiger partial charge in [-0.2, -0.15) is 0 Å². The molecule has 0 aliphatic heterocycles. The minimum Gasteiger partial charge on any atom is -0.468 e. The molecule has 2 atom stereocenters. The van der Waals surface area contributed by atoms with E-state index in [-0.39, 0.29) is 11.7 Å².